The number of ether oxygens (including phenoxy) is 1. The Morgan fingerprint density at radius 1 is 1.33 bits per heavy atom. The summed E-state index contributed by atoms with van der Waals surface area (Å²) in [5.41, 5.74) is 0.265. The van der Waals surface area contributed by atoms with Crippen molar-refractivity contribution in [3.05, 3.63) is 28.7 Å². The lowest BCUT2D eigenvalue weighted by molar-refractivity contribution is 0.0532. The van der Waals surface area contributed by atoms with Gasteiger partial charge >= 0.3 is 6.09 Å². The number of aromatic nitrogens is 1. The average Bonchev–Trinajstić information content (AvgIpc) is 2.50. The number of hydrogen-bond acceptors (Lipinski definition) is 3. The molecule has 0 saturated carbocycles. The Kier molecular flexibility index (Phi) is 3.47. The Morgan fingerprint density at radius 3 is 2.61 bits per heavy atom. The lowest BCUT2D eigenvalue weighted by atomic mass is 10.2. The molecule has 0 saturated heterocycles. The highest BCUT2D eigenvalue weighted by atomic mass is 79.9. The molecule has 0 amide bonds. The second kappa shape index (κ2) is 4.63. The molecule has 18 heavy (non-hydrogen) atoms. The number of hydrogen-bond donors (Lipinski definition) is 1. The molecule has 0 aliphatic heterocycles. The van der Waals surface area contributed by atoms with Gasteiger partial charge in [0.2, 0.25) is 0 Å². The van der Waals surface area contributed by atoms with E-state index in [4.69, 9.17) is 4.74 Å². The van der Waals surface area contributed by atoms with Crippen molar-refractivity contribution in [3.8, 4) is 0 Å². The van der Waals surface area contributed by atoms with Crippen LogP contribution in [0.4, 0.5) is 4.79 Å². The van der Waals surface area contributed by atoms with Gasteiger partial charge in [0.25, 0.3) is 0 Å². The van der Waals surface area contributed by atoms with Crippen LogP contribution >= 0.6 is 28.6 Å². The van der Waals surface area contributed by atoms with E-state index in [1.54, 1.807) is 0 Å². The van der Waals surface area contributed by atoms with Crippen LogP contribution in [0.25, 0.3) is 10.9 Å². The molecule has 5 heteroatoms. The zero-order valence-corrected chi connectivity index (χ0v) is 12.9. The van der Waals surface area contributed by atoms with Crippen LogP contribution in [0.15, 0.2) is 33.8 Å². The highest BCUT2D eigenvalue weighted by Crippen LogP contribution is 2.26. The molecule has 1 aromatic carbocycles. The van der Waals surface area contributed by atoms with Gasteiger partial charge in [0.1, 0.15) is 5.60 Å². The number of benzene rings is 1. The van der Waals surface area contributed by atoms with Gasteiger partial charge in [-0.2, -0.15) is 0 Å². The van der Waals surface area contributed by atoms with Crippen molar-refractivity contribution in [3.63, 3.8) is 0 Å². The van der Waals surface area contributed by atoms with Crippen molar-refractivity contribution in [2.24, 2.45) is 0 Å². The Bertz CT molecular complexity index is 613. The van der Waals surface area contributed by atoms with Crippen molar-refractivity contribution in [1.29, 1.82) is 0 Å². The maximum absolute atomic E-state index is 12.1. The van der Waals surface area contributed by atoms with Crippen molar-refractivity contribution in [2.45, 2.75) is 31.4 Å². The molecule has 0 radical (unpaired) electrons. The molecule has 0 aliphatic rings. The topological polar surface area (TPSA) is 31.2 Å². The number of fused-ring (bicyclic) bond motifs is 1. The molecule has 0 spiro atoms. The Hall–Kier alpha value is -0.940. The summed E-state index contributed by atoms with van der Waals surface area (Å²) in [5.74, 6) is 0. The van der Waals surface area contributed by atoms with E-state index in [0.29, 0.717) is 5.03 Å². The van der Waals surface area contributed by atoms with Crippen LogP contribution in [0.3, 0.4) is 0 Å². The van der Waals surface area contributed by atoms with Crippen molar-refractivity contribution < 1.29 is 9.53 Å². The summed E-state index contributed by atoms with van der Waals surface area (Å²) >= 11 is 7.73. The van der Waals surface area contributed by atoms with Gasteiger partial charge in [0.05, 0.1) is 10.5 Å². The molecular formula is C13H14BrNO2S. The van der Waals surface area contributed by atoms with Gasteiger partial charge in [-0.3, -0.25) is 0 Å². The Labute approximate surface area is 120 Å². The van der Waals surface area contributed by atoms with E-state index in [9.17, 15) is 4.79 Å². The van der Waals surface area contributed by atoms with Crippen LogP contribution in [0, 0.1) is 0 Å². The first-order valence-electron chi connectivity index (χ1n) is 5.51. The van der Waals surface area contributed by atoms with E-state index in [1.807, 2.05) is 45.0 Å². The summed E-state index contributed by atoms with van der Waals surface area (Å²) in [6.45, 7) is 5.52. The van der Waals surface area contributed by atoms with Crippen LogP contribution in [0.5, 0.6) is 0 Å². The molecule has 0 aliphatic carbocycles. The smallest absolute Gasteiger partial charge is 0.419 e. The second-order valence-corrected chi connectivity index (χ2v) is 6.40. The number of carbonyl (C=O) groups excluding carboxylic acids is 1. The third-order valence-corrected chi connectivity index (χ3v) is 3.14. The van der Waals surface area contributed by atoms with Gasteiger partial charge in [0.15, 0.2) is 0 Å². The highest BCUT2D eigenvalue weighted by molar-refractivity contribution is 9.10. The van der Waals surface area contributed by atoms with E-state index in [0.717, 1.165) is 15.4 Å². The van der Waals surface area contributed by atoms with E-state index in [2.05, 4.69) is 28.6 Å². The van der Waals surface area contributed by atoms with Gasteiger partial charge in [0, 0.05) is 9.86 Å². The summed E-state index contributed by atoms with van der Waals surface area (Å²) in [6, 6.07) is 7.53. The third-order valence-electron chi connectivity index (χ3n) is 2.32. The first kappa shape index (κ1) is 13.5. The normalized spacial score (nSPS) is 11.8. The Morgan fingerprint density at radius 2 is 2.00 bits per heavy atom. The van der Waals surface area contributed by atoms with Gasteiger partial charge < -0.3 is 4.74 Å². The number of halogens is 1. The predicted octanol–water partition coefficient (Wildman–Crippen LogP) is 4.48. The van der Waals surface area contributed by atoms with E-state index < -0.39 is 11.7 Å². The first-order chi connectivity index (χ1) is 8.28. The molecule has 0 bridgehead atoms. The third kappa shape index (κ3) is 2.72. The standard InChI is InChI=1S/C13H14BrNO2S/c1-13(2,3)17-12(16)15-10-5-4-9(14)6-8(10)7-11(15)18/h4-7,18H,1-3H3. The molecular weight excluding hydrogens is 314 g/mol. The second-order valence-electron chi connectivity index (χ2n) is 5.02. The summed E-state index contributed by atoms with van der Waals surface area (Å²) in [6.07, 6.45) is -0.412. The van der Waals surface area contributed by atoms with Crippen molar-refractivity contribution >= 4 is 45.6 Å². The van der Waals surface area contributed by atoms with Crippen LogP contribution in [-0.2, 0) is 4.74 Å². The largest absolute Gasteiger partial charge is 0.443 e. The zero-order valence-electron chi connectivity index (χ0n) is 10.4. The SMILES string of the molecule is CC(C)(C)OC(=O)n1c(S)cc2cc(Br)ccc21. The highest BCUT2D eigenvalue weighted by Gasteiger charge is 2.21. The predicted molar refractivity (Wildman–Crippen MR) is 78.5 cm³/mol. The number of rotatable bonds is 0. The first-order valence-corrected chi connectivity index (χ1v) is 6.75. The van der Waals surface area contributed by atoms with Crippen molar-refractivity contribution in [2.75, 3.05) is 0 Å². The van der Waals surface area contributed by atoms with Gasteiger partial charge in [-0.25, -0.2) is 9.36 Å². The van der Waals surface area contributed by atoms with Crippen LogP contribution < -0.4 is 0 Å². The molecule has 96 valence electrons. The summed E-state index contributed by atoms with van der Waals surface area (Å²) in [5, 5.41) is 1.51. The maximum Gasteiger partial charge on any atom is 0.419 e. The fourth-order valence-electron chi connectivity index (χ4n) is 1.67. The molecule has 1 aromatic heterocycles. The Balaban J connectivity index is 2.51. The van der Waals surface area contributed by atoms with E-state index in [1.165, 1.54) is 4.57 Å². The van der Waals surface area contributed by atoms with Gasteiger partial charge in [-0.15, -0.1) is 12.6 Å². The summed E-state index contributed by atoms with van der Waals surface area (Å²) < 4.78 is 7.80. The molecule has 2 aromatic rings. The minimum absolute atomic E-state index is 0.412. The fourth-order valence-corrected chi connectivity index (χ4v) is 2.38. The number of thiol groups is 1. The molecule has 0 fully saturated rings. The zero-order chi connectivity index (χ0) is 13.5. The minimum Gasteiger partial charge on any atom is -0.443 e. The van der Waals surface area contributed by atoms with Crippen LogP contribution in [0.2, 0.25) is 0 Å². The van der Waals surface area contributed by atoms with Crippen LogP contribution in [-0.4, -0.2) is 16.3 Å². The molecule has 0 N–H and O–H groups in total. The average molecular weight is 328 g/mol. The molecule has 3 nitrogen and oxygen atoms in total. The number of nitrogens with zero attached hydrogens (tertiary/aromatic N) is 1. The van der Waals surface area contributed by atoms with Gasteiger partial charge in [-0.1, -0.05) is 15.9 Å². The van der Waals surface area contributed by atoms with E-state index >= 15 is 0 Å². The molecule has 0 unspecified atom stereocenters. The maximum atomic E-state index is 12.1. The lowest BCUT2D eigenvalue weighted by Gasteiger charge is -2.20. The van der Waals surface area contributed by atoms with E-state index in [-0.39, 0.29) is 0 Å². The monoisotopic (exact) mass is 327 g/mol. The quantitative estimate of drug-likeness (QED) is 0.723. The fraction of sp³-hybridized carbons (Fsp3) is 0.308. The minimum atomic E-state index is -0.525. The summed E-state index contributed by atoms with van der Waals surface area (Å²) in [4.78, 5) is 12.1. The molecule has 2 rings (SSSR count). The molecule has 1 heterocycles. The number of carbonyl (C=O) groups is 1. The molecule has 0 atom stereocenters. The summed E-state index contributed by atoms with van der Waals surface area (Å²) in [7, 11) is 0. The van der Waals surface area contributed by atoms with Crippen LogP contribution in [0.1, 0.15) is 20.8 Å². The van der Waals surface area contributed by atoms with Gasteiger partial charge in [-0.05, 0) is 45.0 Å². The lowest BCUT2D eigenvalue weighted by Crippen LogP contribution is -2.27. The van der Waals surface area contributed by atoms with Crippen molar-refractivity contribution in [1.82, 2.24) is 4.57 Å².